The van der Waals surface area contributed by atoms with E-state index in [1.54, 1.807) is 7.11 Å². The van der Waals surface area contributed by atoms with Gasteiger partial charge in [0.2, 0.25) is 0 Å². The van der Waals surface area contributed by atoms with E-state index in [-0.39, 0.29) is 6.03 Å². The summed E-state index contributed by atoms with van der Waals surface area (Å²) in [6.07, 6.45) is 3.99. The van der Waals surface area contributed by atoms with Crippen LogP contribution in [0.3, 0.4) is 0 Å². The van der Waals surface area contributed by atoms with Crippen molar-refractivity contribution in [3.63, 3.8) is 0 Å². The second-order valence-electron chi connectivity index (χ2n) is 6.00. The number of methoxy groups -OCH3 is 1. The Morgan fingerprint density at radius 2 is 2.22 bits per heavy atom. The Balaban J connectivity index is 1.76. The average molecular weight is 315 g/mol. The van der Waals surface area contributed by atoms with Crippen LogP contribution in [0.4, 0.5) is 4.79 Å². The van der Waals surface area contributed by atoms with Crippen molar-refractivity contribution in [3.8, 4) is 0 Å². The van der Waals surface area contributed by atoms with Gasteiger partial charge in [0.05, 0.1) is 0 Å². The Morgan fingerprint density at radius 1 is 1.35 bits per heavy atom. The molecule has 1 aromatic carbocycles. The largest absolute Gasteiger partial charge is 0.385 e. The minimum atomic E-state index is 0.0200. The van der Waals surface area contributed by atoms with E-state index in [4.69, 9.17) is 4.74 Å². The maximum atomic E-state index is 12.4. The fourth-order valence-electron chi connectivity index (χ4n) is 3.34. The van der Waals surface area contributed by atoms with Crippen molar-refractivity contribution in [1.82, 2.24) is 14.8 Å². The highest BCUT2D eigenvalue weighted by molar-refractivity contribution is 5.88. The fourth-order valence-corrected chi connectivity index (χ4v) is 3.34. The van der Waals surface area contributed by atoms with Crippen molar-refractivity contribution < 1.29 is 9.53 Å². The Bertz CT molecular complexity index is 693. The van der Waals surface area contributed by atoms with E-state index in [2.05, 4.69) is 41.2 Å². The third kappa shape index (κ3) is 3.20. The number of ether oxygens (including phenoxy) is 1. The van der Waals surface area contributed by atoms with Crippen molar-refractivity contribution in [1.29, 1.82) is 0 Å². The maximum Gasteiger partial charge on any atom is 0.317 e. The lowest BCUT2D eigenvalue weighted by molar-refractivity contribution is 0.184. The highest BCUT2D eigenvalue weighted by Gasteiger charge is 2.21. The summed E-state index contributed by atoms with van der Waals surface area (Å²) < 4.78 is 7.31. The Hall–Kier alpha value is -2.01. The lowest BCUT2D eigenvalue weighted by atomic mass is 10.1. The lowest BCUT2D eigenvalue weighted by Crippen LogP contribution is -2.40. The third-order valence-corrected chi connectivity index (χ3v) is 4.51. The highest BCUT2D eigenvalue weighted by atomic mass is 16.5. The number of rotatable bonds is 5. The Kier molecular flexibility index (Phi) is 4.86. The number of nitrogens with zero attached hydrogens (tertiary/aromatic N) is 2. The number of carbonyl (C=O) groups is 1. The molecule has 1 aliphatic heterocycles. The van der Waals surface area contributed by atoms with Crippen LogP contribution in [-0.4, -0.2) is 42.3 Å². The van der Waals surface area contributed by atoms with Crippen LogP contribution in [0.1, 0.15) is 24.5 Å². The summed E-state index contributed by atoms with van der Waals surface area (Å²) in [5.41, 5.74) is 3.88. The van der Waals surface area contributed by atoms with Gasteiger partial charge in [-0.3, -0.25) is 0 Å². The van der Waals surface area contributed by atoms with Gasteiger partial charge in [0, 0.05) is 57.0 Å². The van der Waals surface area contributed by atoms with Crippen molar-refractivity contribution in [2.24, 2.45) is 0 Å². The molecule has 0 radical (unpaired) electrons. The van der Waals surface area contributed by atoms with Crippen molar-refractivity contribution in [2.75, 3.05) is 26.8 Å². The second-order valence-corrected chi connectivity index (χ2v) is 6.00. The van der Waals surface area contributed by atoms with Crippen LogP contribution in [0.25, 0.3) is 10.9 Å². The molecule has 2 amide bonds. The van der Waals surface area contributed by atoms with E-state index in [9.17, 15) is 4.79 Å². The number of hydrogen-bond acceptors (Lipinski definition) is 2. The number of amides is 2. The van der Waals surface area contributed by atoms with Gasteiger partial charge in [-0.15, -0.1) is 0 Å². The maximum absolute atomic E-state index is 12.4. The smallest absolute Gasteiger partial charge is 0.317 e. The summed E-state index contributed by atoms with van der Waals surface area (Å²) in [5, 5.41) is 4.33. The highest BCUT2D eigenvalue weighted by Crippen LogP contribution is 2.29. The van der Waals surface area contributed by atoms with Crippen LogP contribution in [0.15, 0.2) is 24.4 Å². The van der Waals surface area contributed by atoms with Crippen LogP contribution >= 0.6 is 0 Å². The normalized spacial score (nSPS) is 14.1. The number of benzene rings is 1. The molecule has 0 spiro atoms. The van der Waals surface area contributed by atoms with E-state index < -0.39 is 0 Å². The summed E-state index contributed by atoms with van der Waals surface area (Å²) in [5.74, 6) is 0. The molecule has 1 aliphatic rings. The first kappa shape index (κ1) is 15.9. The first-order valence-electron chi connectivity index (χ1n) is 8.36. The molecule has 2 heterocycles. The predicted octanol–water partition coefficient (Wildman–Crippen LogP) is 2.77. The summed E-state index contributed by atoms with van der Waals surface area (Å²) in [6, 6.07) is 6.43. The van der Waals surface area contributed by atoms with Gasteiger partial charge in [-0.1, -0.05) is 12.1 Å². The van der Waals surface area contributed by atoms with Gasteiger partial charge in [0.25, 0.3) is 0 Å². The summed E-state index contributed by atoms with van der Waals surface area (Å²) in [7, 11) is 1.68. The van der Waals surface area contributed by atoms with Crippen molar-refractivity contribution >= 4 is 16.9 Å². The summed E-state index contributed by atoms with van der Waals surface area (Å²) in [6.45, 7) is 5.90. The van der Waals surface area contributed by atoms with E-state index in [0.29, 0.717) is 19.7 Å². The Labute approximate surface area is 137 Å². The molecule has 0 aliphatic carbocycles. The topological polar surface area (TPSA) is 46.5 Å². The van der Waals surface area contributed by atoms with Crippen molar-refractivity contribution in [2.45, 2.75) is 32.9 Å². The molecule has 5 heteroatoms. The van der Waals surface area contributed by atoms with Gasteiger partial charge in [0.1, 0.15) is 0 Å². The number of aromatic nitrogens is 1. The molecule has 0 saturated carbocycles. The van der Waals surface area contributed by atoms with Gasteiger partial charge in [-0.05, 0) is 37.0 Å². The second kappa shape index (κ2) is 7.04. The molecule has 0 unspecified atom stereocenters. The number of urea groups is 1. The fraction of sp³-hybridized carbons (Fsp3) is 0.500. The first-order valence-corrected chi connectivity index (χ1v) is 8.36. The molecule has 23 heavy (non-hydrogen) atoms. The van der Waals surface area contributed by atoms with E-state index in [1.165, 1.54) is 22.0 Å². The van der Waals surface area contributed by atoms with Crippen LogP contribution < -0.4 is 5.32 Å². The van der Waals surface area contributed by atoms with Crippen LogP contribution in [-0.2, 0) is 24.2 Å². The first-order chi connectivity index (χ1) is 11.2. The minimum absolute atomic E-state index is 0.0200. The van der Waals surface area contributed by atoms with Gasteiger partial charge < -0.3 is 19.5 Å². The molecule has 3 rings (SSSR count). The third-order valence-electron chi connectivity index (χ3n) is 4.51. The molecule has 1 N–H and O–H groups in total. The molecule has 0 bridgehead atoms. The molecule has 0 atom stereocenters. The van der Waals surface area contributed by atoms with Gasteiger partial charge >= 0.3 is 6.03 Å². The van der Waals surface area contributed by atoms with Gasteiger partial charge in [0.15, 0.2) is 0 Å². The number of nitrogens with one attached hydrogen (secondary N) is 1. The monoisotopic (exact) mass is 315 g/mol. The zero-order valence-electron chi connectivity index (χ0n) is 14.0. The number of carbonyl (C=O) groups excluding carboxylic acids is 1. The zero-order valence-corrected chi connectivity index (χ0v) is 14.0. The lowest BCUT2D eigenvalue weighted by Gasteiger charge is -2.21. The van der Waals surface area contributed by atoms with Gasteiger partial charge in [-0.2, -0.15) is 0 Å². The molecule has 124 valence electrons. The molecule has 0 saturated heterocycles. The van der Waals surface area contributed by atoms with Crippen LogP contribution in [0, 0.1) is 0 Å². The molecular weight excluding hydrogens is 290 g/mol. The molecule has 2 aromatic rings. The number of aryl methyl sites for hydroxylation is 1. The van der Waals surface area contributed by atoms with Crippen LogP contribution in [0.5, 0.6) is 0 Å². The average Bonchev–Trinajstić information content (AvgIpc) is 2.82. The molecule has 0 fully saturated rings. The SMILES string of the molecule is CCn1cc2c3c(cccc31)CN(C(=O)NCCCOC)CC2. The van der Waals surface area contributed by atoms with E-state index in [1.807, 2.05) is 4.90 Å². The van der Waals surface area contributed by atoms with E-state index >= 15 is 0 Å². The Morgan fingerprint density at radius 3 is 3.00 bits per heavy atom. The van der Waals surface area contributed by atoms with E-state index in [0.717, 1.165) is 25.9 Å². The van der Waals surface area contributed by atoms with Crippen LogP contribution in [0.2, 0.25) is 0 Å². The summed E-state index contributed by atoms with van der Waals surface area (Å²) in [4.78, 5) is 14.3. The van der Waals surface area contributed by atoms with Crippen molar-refractivity contribution in [3.05, 3.63) is 35.5 Å². The predicted molar refractivity (Wildman–Crippen MR) is 91.6 cm³/mol. The minimum Gasteiger partial charge on any atom is -0.385 e. The number of hydrogen-bond donors (Lipinski definition) is 1. The zero-order chi connectivity index (χ0) is 16.2. The quantitative estimate of drug-likeness (QED) is 0.863. The molecule has 1 aromatic heterocycles. The summed E-state index contributed by atoms with van der Waals surface area (Å²) >= 11 is 0. The molecular formula is C18H25N3O2. The standard InChI is InChI=1S/C18H25N3O2/c1-3-20-12-15-8-10-21(18(22)19-9-5-11-23-2)13-14-6-4-7-16(20)17(14)15/h4,6-7,12H,3,5,8-11,13H2,1-2H3,(H,19,22). The molecule has 5 nitrogen and oxygen atoms in total. The van der Waals surface area contributed by atoms with Gasteiger partial charge in [-0.25, -0.2) is 4.79 Å².